The Morgan fingerprint density at radius 1 is 1.26 bits per heavy atom. The first-order valence-electron chi connectivity index (χ1n) is 7.92. The fourth-order valence-electron chi connectivity index (χ4n) is 2.33. The maximum atomic E-state index is 12.2. The number of aromatic nitrogens is 3. The van der Waals surface area contributed by atoms with Crippen LogP contribution >= 0.6 is 0 Å². The number of nitrogens with one attached hydrogen (secondary N) is 1. The maximum Gasteiger partial charge on any atom is 0.273 e. The van der Waals surface area contributed by atoms with Crippen molar-refractivity contribution >= 4 is 5.91 Å². The summed E-state index contributed by atoms with van der Waals surface area (Å²) in [6, 6.07) is 7.82. The largest absolute Gasteiger partial charge is 0.396 e. The topological polar surface area (TPSA) is 80.0 Å². The van der Waals surface area contributed by atoms with Gasteiger partial charge in [-0.3, -0.25) is 4.79 Å². The Hall–Kier alpha value is -2.21. The number of hydrogen-bond donors (Lipinski definition) is 2. The first-order chi connectivity index (χ1) is 11.0. The monoisotopic (exact) mass is 316 g/mol. The molecule has 0 aliphatic rings. The number of aryl methyl sites for hydroxylation is 1. The van der Waals surface area contributed by atoms with E-state index >= 15 is 0 Å². The number of carbonyl (C=O) groups is 1. The van der Waals surface area contributed by atoms with Crippen molar-refractivity contribution in [1.29, 1.82) is 0 Å². The number of nitrogens with zero attached hydrogens (tertiary/aromatic N) is 3. The molecule has 1 aromatic carbocycles. The maximum absolute atomic E-state index is 12.2. The van der Waals surface area contributed by atoms with Crippen LogP contribution in [0.25, 0.3) is 5.69 Å². The molecule has 2 N–H and O–H groups in total. The van der Waals surface area contributed by atoms with E-state index in [1.54, 1.807) is 10.9 Å². The van der Waals surface area contributed by atoms with Gasteiger partial charge in [0.2, 0.25) is 0 Å². The van der Waals surface area contributed by atoms with Gasteiger partial charge < -0.3 is 10.4 Å². The molecule has 124 valence electrons. The molecule has 0 radical (unpaired) electrons. The third-order valence-electron chi connectivity index (χ3n) is 4.48. The molecule has 1 aromatic heterocycles. The summed E-state index contributed by atoms with van der Waals surface area (Å²) in [6.45, 7) is 6.51. The fourth-order valence-corrected chi connectivity index (χ4v) is 2.33. The third kappa shape index (κ3) is 3.96. The SMILES string of the molecule is CCC(CC)(CO)CNC(=O)c1cn(-c2ccc(C)cc2)nn1. The summed E-state index contributed by atoms with van der Waals surface area (Å²) in [5.41, 5.74) is 2.01. The average molecular weight is 316 g/mol. The lowest BCUT2D eigenvalue weighted by molar-refractivity contribution is 0.0846. The molecule has 2 rings (SSSR count). The van der Waals surface area contributed by atoms with Gasteiger partial charge in [0.05, 0.1) is 18.5 Å². The number of rotatable bonds is 7. The van der Waals surface area contributed by atoms with Crippen LogP contribution < -0.4 is 5.32 Å². The Morgan fingerprint density at radius 3 is 2.48 bits per heavy atom. The summed E-state index contributed by atoms with van der Waals surface area (Å²) in [5, 5.41) is 20.3. The van der Waals surface area contributed by atoms with E-state index in [0.717, 1.165) is 24.1 Å². The third-order valence-corrected chi connectivity index (χ3v) is 4.48. The molecular formula is C17H24N4O2. The van der Waals surface area contributed by atoms with Crippen molar-refractivity contribution in [3.05, 3.63) is 41.7 Å². The van der Waals surface area contributed by atoms with Gasteiger partial charge >= 0.3 is 0 Å². The van der Waals surface area contributed by atoms with Crippen molar-refractivity contribution in [2.75, 3.05) is 13.2 Å². The van der Waals surface area contributed by atoms with E-state index in [4.69, 9.17) is 0 Å². The summed E-state index contributed by atoms with van der Waals surface area (Å²) < 4.78 is 1.58. The molecule has 0 unspecified atom stereocenters. The van der Waals surface area contributed by atoms with E-state index in [0.29, 0.717) is 6.54 Å². The van der Waals surface area contributed by atoms with Crippen molar-refractivity contribution in [2.45, 2.75) is 33.6 Å². The average Bonchev–Trinajstić information content (AvgIpc) is 3.07. The molecule has 23 heavy (non-hydrogen) atoms. The molecule has 0 saturated carbocycles. The van der Waals surface area contributed by atoms with Crippen molar-refractivity contribution in [2.24, 2.45) is 5.41 Å². The quantitative estimate of drug-likeness (QED) is 0.820. The van der Waals surface area contributed by atoms with Crippen LogP contribution in [0.1, 0.15) is 42.7 Å². The molecule has 1 heterocycles. The Kier molecular flexibility index (Phi) is 5.50. The molecule has 0 fully saturated rings. The van der Waals surface area contributed by atoms with E-state index in [1.807, 2.05) is 45.0 Å². The molecule has 2 aromatic rings. The van der Waals surface area contributed by atoms with Crippen LogP contribution in [0.2, 0.25) is 0 Å². The highest BCUT2D eigenvalue weighted by Gasteiger charge is 2.26. The van der Waals surface area contributed by atoms with E-state index in [1.165, 1.54) is 0 Å². The van der Waals surface area contributed by atoms with Gasteiger partial charge in [-0.05, 0) is 31.9 Å². The summed E-state index contributed by atoms with van der Waals surface area (Å²) in [6.07, 6.45) is 3.21. The number of benzene rings is 1. The Morgan fingerprint density at radius 2 is 1.91 bits per heavy atom. The zero-order chi connectivity index (χ0) is 16.9. The number of aliphatic hydroxyl groups is 1. The van der Waals surface area contributed by atoms with Crippen molar-refractivity contribution < 1.29 is 9.90 Å². The predicted molar refractivity (Wildman–Crippen MR) is 88.5 cm³/mol. The van der Waals surface area contributed by atoms with Gasteiger partial charge in [-0.1, -0.05) is 36.8 Å². The summed E-state index contributed by atoms with van der Waals surface area (Å²) in [5.74, 6) is -0.275. The number of carbonyl (C=O) groups excluding carboxylic acids is 1. The van der Waals surface area contributed by atoms with Crippen LogP contribution in [0, 0.1) is 12.3 Å². The number of aliphatic hydroxyl groups excluding tert-OH is 1. The highest BCUT2D eigenvalue weighted by molar-refractivity contribution is 5.91. The van der Waals surface area contributed by atoms with Gasteiger partial charge in [-0.2, -0.15) is 0 Å². The van der Waals surface area contributed by atoms with Crippen molar-refractivity contribution in [3.63, 3.8) is 0 Å². The minimum Gasteiger partial charge on any atom is -0.396 e. The summed E-state index contributed by atoms with van der Waals surface area (Å²) in [7, 11) is 0. The van der Waals surface area contributed by atoms with E-state index in [2.05, 4.69) is 15.6 Å². The standard InChI is InChI=1S/C17H24N4O2/c1-4-17(5-2,12-22)11-18-16(23)15-10-21(20-19-15)14-8-6-13(3)7-9-14/h6-10,22H,4-5,11-12H2,1-3H3,(H,18,23). The molecule has 0 bridgehead atoms. The second kappa shape index (κ2) is 7.37. The van der Waals surface area contributed by atoms with E-state index < -0.39 is 0 Å². The summed E-state index contributed by atoms with van der Waals surface area (Å²) >= 11 is 0. The fraction of sp³-hybridized carbons (Fsp3) is 0.471. The Bertz CT molecular complexity index is 637. The van der Waals surface area contributed by atoms with Crippen molar-refractivity contribution in [3.8, 4) is 5.69 Å². The predicted octanol–water partition coefficient (Wildman–Crippen LogP) is 2.10. The van der Waals surface area contributed by atoms with Gasteiger partial charge in [0.15, 0.2) is 5.69 Å². The van der Waals surface area contributed by atoms with Crippen LogP contribution in [-0.2, 0) is 0 Å². The van der Waals surface area contributed by atoms with Crippen LogP contribution in [0.4, 0.5) is 0 Å². The van der Waals surface area contributed by atoms with Gasteiger partial charge in [-0.15, -0.1) is 5.10 Å². The molecule has 1 amide bonds. The van der Waals surface area contributed by atoms with E-state index in [-0.39, 0.29) is 23.6 Å². The lowest BCUT2D eigenvalue weighted by Crippen LogP contribution is -2.39. The van der Waals surface area contributed by atoms with Crippen LogP contribution in [-0.4, -0.2) is 39.2 Å². The minimum atomic E-state index is -0.275. The molecule has 0 aliphatic heterocycles. The van der Waals surface area contributed by atoms with Gasteiger partial charge in [0.25, 0.3) is 5.91 Å². The molecule has 6 nitrogen and oxygen atoms in total. The van der Waals surface area contributed by atoms with E-state index in [9.17, 15) is 9.90 Å². The van der Waals surface area contributed by atoms with Gasteiger partial charge in [0.1, 0.15) is 0 Å². The van der Waals surface area contributed by atoms with Gasteiger partial charge in [-0.25, -0.2) is 4.68 Å². The zero-order valence-corrected chi connectivity index (χ0v) is 13.9. The second-order valence-corrected chi connectivity index (χ2v) is 5.93. The second-order valence-electron chi connectivity index (χ2n) is 5.93. The van der Waals surface area contributed by atoms with Crippen LogP contribution in [0.15, 0.2) is 30.5 Å². The summed E-state index contributed by atoms with van der Waals surface area (Å²) in [4.78, 5) is 12.2. The smallest absolute Gasteiger partial charge is 0.273 e. The molecular weight excluding hydrogens is 292 g/mol. The highest BCUT2D eigenvalue weighted by Crippen LogP contribution is 2.24. The lowest BCUT2D eigenvalue weighted by atomic mass is 9.83. The van der Waals surface area contributed by atoms with Gasteiger partial charge in [0, 0.05) is 12.0 Å². The molecule has 0 aliphatic carbocycles. The van der Waals surface area contributed by atoms with Crippen LogP contribution in [0.3, 0.4) is 0 Å². The molecule has 0 spiro atoms. The normalized spacial score (nSPS) is 11.5. The number of amides is 1. The molecule has 0 saturated heterocycles. The Balaban J connectivity index is 2.05. The van der Waals surface area contributed by atoms with Crippen LogP contribution in [0.5, 0.6) is 0 Å². The molecule has 6 heteroatoms. The highest BCUT2D eigenvalue weighted by atomic mass is 16.3. The first-order valence-corrected chi connectivity index (χ1v) is 7.92. The first kappa shape index (κ1) is 17.1. The van der Waals surface area contributed by atoms with Crippen molar-refractivity contribution in [1.82, 2.24) is 20.3 Å². The molecule has 0 atom stereocenters. The minimum absolute atomic E-state index is 0.0519. The number of hydrogen-bond acceptors (Lipinski definition) is 4. The Labute approximate surface area is 136 Å². The lowest BCUT2D eigenvalue weighted by Gasteiger charge is -2.29. The zero-order valence-electron chi connectivity index (χ0n) is 13.9.